The lowest BCUT2D eigenvalue weighted by atomic mass is 9.97. The third-order valence-corrected chi connectivity index (χ3v) is 2.51. The molecule has 0 bridgehead atoms. The summed E-state index contributed by atoms with van der Waals surface area (Å²) >= 11 is 0. The van der Waals surface area contributed by atoms with Crippen molar-refractivity contribution >= 4 is 12.4 Å². The van der Waals surface area contributed by atoms with Gasteiger partial charge in [-0.25, -0.2) is 4.79 Å². The van der Waals surface area contributed by atoms with E-state index >= 15 is 0 Å². The van der Waals surface area contributed by atoms with Crippen molar-refractivity contribution in [2.24, 2.45) is 5.92 Å². The maximum atomic E-state index is 10.8. The van der Waals surface area contributed by atoms with Gasteiger partial charge in [0.15, 0.2) is 0 Å². The summed E-state index contributed by atoms with van der Waals surface area (Å²) in [5, 5.41) is 11.3. The zero-order valence-corrected chi connectivity index (χ0v) is 7.04. The Kier molecular flexibility index (Phi) is 2.35. The molecule has 2 unspecified atom stereocenters. The van der Waals surface area contributed by atoms with Crippen LogP contribution in [0.25, 0.3) is 0 Å². The summed E-state index contributed by atoms with van der Waals surface area (Å²) < 4.78 is 0. The highest BCUT2D eigenvalue weighted by atomic mass is 16.4. The normalized spacial score (nSPS) is 34.6. The average molecular weight is 171 g/mol. The quantitative estimate of drug-likeness (QED) is 0.603. The van der Waals surface area contributed by atoms with Gasteiger partial charge in [0.2, 0.25) is 6.41 Å². The molecule has 0 aromatic rings. The highest BCUT2D eigenvalue weighted by Crippen LogP contribution is 2.34. The zero-order chi connectivity index (χ0) is 9.19. The molecule has 0 aliphatic heterocycles. The number of carboxylic acid groups (broad SMARTS) is 1. The summed E-state index contributed by atoms with van der Waals surface area (Å²) in [6.45, 7) is 2.00. The van der Waals surface area contributed by atoms with Gasteiger partial charge in [0.1, 0.15) is 5.54 Å². The first-order valence-corrected chi connectivity index (χ1v) is 4.05. The van der Waals surface area contributed by atoms with Crippen molar-refractivity contribution in [3.63, 3.8) is 0 Å². The van der Waals surface area contributed by atoms with Crippen LogP contribution in [0.2, 0.25) is 0 Å². The molecule has 12 heavy (non-hydrogen) atoms. The van der Waals surface area contributed by atoms with Gasteiger partial charge in [0.25, 0.3) is 0 Å². The molecule has 0 heterocycles. The van der Waals surface area contributed by atoms with E-state index in [0.717, 1.165) is 6.42 Å². The molecule has 4 heteroatoms. The Hall–Kier alpha value is -1.06. The van der Waals surface area contributed by atoms with E-state index in [2.05, 4.69) is 5.32 Å². The minimum absolute atomic E-state index is 0.383. The Balaban J connectivity index is 2.74. The van der Waals surface area contributed by atoms with Crippen LogP contribution in [0, 0.1) is 5.92 Å². The van der Waals surface area contributed by atoms with Crippen molar-refractivity contribution in [1.82, 2.24) is 5.32 Å². The van der Waals surface area contributed by atoms with Gasteiger partial charge >= 0.3 is 5.97 Å². The molecule has 0 spiro atoms. The van der Waals surface area contributed by atoms with Crippen molar-refractivity contribution < 1.29 is 14.7 Å². The lowest BCUT2D eigenvalue weighted by Crippen LogP contribution is -2.49. The first-order chi connectivity index (χ1) is 5.60. The molecular weight excluding hydrogens is 158 g/mol. The lowest BCUT2D eigenvalue weighted by Gasteiger charge is -2.22. The number of carboxylic acids is 1. The second-order valence-electron chi connectivity index (χ2n) is 3.50. The molecule has 1 rings (SSSR count). The molecule has 4 nitrogen and oxygen atoms in total. The van der Waals surface area contributed by atoms with Crippen molar-refractivity contribution in [1.29, 1.82) is 0 Å². The second kappa shape index (κ2) is 3.13. The molecule has 1 amide bonds. The number of aliphatic carboxylic acids is 1. The van der Waals surface area contributed by atoms with Crippen LogP contribution < -0.4 is 5.32 Å². The Labute approximate surface area is 71.0 Å². The average Bonchev–Trinajstić information content (AvgIpc) is 2.34. The van der Waals surface area contributed by atoms with Gasteiger partial charge in [-0.2, -0.15) is 0 Å². The number of nitrogens with one attached hydrogen (secondary N) is 1. The zero-order valence-electron chi connectivity index (χ0n) is 7.04. The summed E-state index contributed by atoms with van der Waals surface area (Å²) in [5.41, 5.74) is -0.985. The van der Waals surface area contributed by atoms with E-state index in [9.17, 15) is 9.59 Å². The standard InChI is InChI=1S/C8H13NO3/c1-6-2-3-8(4-6,7(11)12)9-5-10/h5-6H,2-4H2,1H3,(H,9,10)(H,11,12). The molecular formula is C8H13NO3. The molecule has 0 aromatic carbocycles. The fourth-order valence-corrected chi connectivity index (χ4v) is 1.79. The largest absolute Gasteiger partial charge is 0.480 e. The Morgan fingerprint density at radius 1 is 1.75 bits per heavy atom. The number of hydrogen-bond donors (Lipinski definition) is 2. The van der Waals surface area contributed by atoms with Crippen molar-refractivity contribution in [2.75, 3.05) is 0 Å². The predicted octanol–water partition coefficient (Wildman–Crippen LogP) is 0.376. The molecule has 1 saturated carbocycles. The Morgan fingerprint density at radius 2 is 2.42 bits per heavy atom. The van der Waals surface area contributed by atoms with Gasteiger partial charge in [-0.15, -0.1) is 0 Å². The van der Waals surface area contributed by atoms with E-state index in [4.69, 9.17) is 5.11 Å². The summed E-state index contributed by atoms with van der Waals surface area (Å²) in [6.07, 6.45) is 2.43. The third-order valence-electron chi connectivity index (χ3n) is 2.51. The van der Waals surface area contributed by atoms with Crippen LogP contribution in [0.15, 0.2) is 0 Å². The summed E-state index contributed by atoms with van der Waals surface area (Å²) in [7, 11) is 0. The van der Waals surface area contributed by atoms with Crippen LogP contribution in [0.3, 0.4) is 0 Å². The van der Waals surface area contributed by atoms with Gasteiger partial charge in [-0.3, -0.25) is 4.79 Å². The van der Waals surface area contributed by atoms with Crippen LogP contribution in [-0.4, -0.2) is 23.0 Å². The Bertz CT molecular complexity index is 204. The molecule has 0 radical (unpaired) electrons. The summed E-state index contributed by atoms with van der Waals surface area (Å²) in [6, 6.07) is 0. The van der Waals surface area contributed by atoms with Gasteiger partial charge in [0, 0.05) is 0 Å². The van der Waals surface area contributed by atoms with E-state index < -0.39 is 11.5 Å². The van der Waals surface area contributed by atoms with Crippen molar-refractivity contribution in [3.05, 3.63) is 0 Å². The number of amides is 1. The smallest absolute Gasteiger partial charge is 0.329 e. The SMILES string of the molecule is CC1CCC(NC=O)(C(=O)O)C1. The van der Waals surface area contributed by atoms with Gasteiger partial charge < -0.3 is 10.4 Å². The predicted molar refractivity (Wildman–Crippen MR) is 42.6 cm³/mol. The van der Waals surface area contributed by atoms with Crippen molar-refractivity contribution in [2.45, 2.75) is 31.7 Å². The minimum atomic E-state index is -0.985. The van der Waals surface area contributed by atoms with E-state index in [0.29, 0.717) is 25.2 Å². The fraction of sp³-hybridized carbons (Fsp3) is 0.750. The number of rotatable bonds is 3. The van der Waals surface area contributed by atoms with Gasteiger partial charge in [-0.05, 0) is 25.2 Å². The molecule has 2 atom stereocenters. The van der Waals surface area contributed by atoms with Gasteiger partial charge in [-0.1, -0.05) is 6.92 Å². The van der Waals surface area contributed by atoms with Crippen LogP contribution >= 0.6 is 0 Å². The van der Waals surface area contributed by atoms with Crippen LogP contribution in [0.1, 0.15) is 26.2 Å². The Morgan fingerprint density at radius 3 is 2.75 bits per heavy atom. The first kappa shape index (κ1) is 9.03. The van der Waals surface area contributed by atoms with Crippen LogP contribution in [0.5, 0.6) is 0 Å². The maximum Gasteiger partial charge on any atom is 0.329 e. The number of carbonyl (C=O) groups excluding carboxylic acids is 1. The molecule has 1 fully saturated rings. The topological polar surface area (TPSA) is 66.4 Å². The monoisotopic (exact) mass is 171 g/mol. The van der Waals surface area contributed by atoms with Crippen molar-refractivity contribution in [3.8, 4) is 0 Å². The number of hydrogen-bond acceptors (Lipinski definition) is 2. The highest BCUT2D eigenvalue weighted by Gasteiger charge is 2.43. The molecule has 1 aliphatic rings. The van der Waals surface area contributed by atoms with Crippen LogP contribution in [0.4, 0.5) is 0 Å². The van der Waals surface area contributed by atoms with E-state index in [1.165, 1.54) is 0 Å². The van der Waals surface area contributed by atoms with Gasteiger partial charge in [0.05, 0.1) is 0 Å². The van der Waals surface area contributed by atoms with E-state index in [1.54, 1.807) is 0 Å². The fourth-order valence-electron chi connectivity index (χ4n) is 1.79. The third kappa shape index (κ3) is 1.42. The molecule has 68 valence electrons. The number of carbonyl (C=O) groups is 2. The molecule has 0 aromatic heterocycles. The molecule has 2 N–H and O–H groups in total. The van der Waals surface area contributed by atoms with E-state index in [1.807, 2.05) is 6.92 Å². The minimum Gasteiger partial charge on any atom is -0.480 e. The molecule has 0 saturated heterocycles. The maximum absolute atomic E-state index is 10.8. The van der Waals surface area contributed by atoms with E-state index in [-0.39, 0.29) is 0 Å². The summed E-state index contributed by atoms with van der Waals surface area (Å²) in [4.78, 5) is 21.0. The molecule has 1 aliphatic carbocycles. The summed E-state index contributed by atoms with van der Waals surface area (Å²) in [5.74, 6) is -0.535. The second-order valence-corrected chi connectivity index (χ2v) is 3.50. The lowest BCUT2D eigenvalue weighted by molar-refractivity contribution is -0.146. The highest BCUT2D eigenvalue weighted by molar-refractivity contribution is 5.81. The van der Waals surface area contributed by atoms with Crippen LogP contribution in [-0.2, 0) is 9.59 Å². The first-order valence-electron chi connectivity index (χ1n) is 4.05.